The molecule has 2 heteroatoms. The Balaban J connectivity index is 1.98. The number of fused-ring (bicyclic) bond motifs is 1. The fourth-order valence-electron chi connectivity index (χ4n) is 3.73. The van der Waals surface area contributed by atoms with Gasteiger partial charge < -0.3 is 5.11 Å². The van der Waals surface area contributed by atoms with Gasteiger partial charge in [-0.25, -0.2) is 0 Å². The van der Waals surface area contributed by atoms with E-state index in [1.165, 1.54) is 32.1 Å². The Labute approximate surface area is 100 Å². The van der Waals surface area contributed by atoms with Crippen LogP contribution in [-0.4, -0.2) is 34.7 Å². The number of likely N-dealkylation sites (tertiary alicyclic amines) is 1. The van der Waals surface area contributed by atoms with Crippen molar-refractivity contribution in [1.82, 2.24) is 4.90 Å². The van der Waals surface area contributed by atoms with Gasteiger partial charge in [0.05, 0.1) is 5.60 Å². The smallest absolute Gasteiger partial charge is 0.0700 e. The topological polar surface area (TPSA) is 23.5 Å². The van der Waals surface area contributed by atoms with Crippen molar-refractivity contribution in [2.24, 2.45) is 5.92 Å². The molecule has 1 saturated heterocycles. The highest BCUT2D eigenvalue weighted by Crippen LogP contribution is 2.40. The van der Waals surface area contributed by atoms with E-state index in [0.717, 1.165) is 32.0 Å². The van der Waals surface area contributed by atoms with Crippen LogP contribution < -0.4 is 0 Å². The number of aliphatic hydroxyl groups is 1. The Bertz CT molecular complexity index is 227. The maximum absolute atomic E-state index is 10.6. The van der Waals surface area contributed by atoms with Gasteiger partial charge in [-0.15, -0.1) is 0 Å². The SMILES string of the molecule is CCC(CC)N1CCC2(O)CCCCC2C1. The van der Waals surface area contributed by atoms with E-state index in [1.807, 2.05) is 0 Å². The Hall–Kier alpha value is -0.0800. The number of hydrogen-bond donors (Lipinski definition) is 1. The minimum atomic E-state index is -0.305. The molecule has 0 aromatic rings. The first-order valence-corrected chi connectivity index (χ1v) is 7.16. The second-order valence-corrected chi connectivity index (χ2v) is 5.76. The van der Waals surface area contributed by atoms with Gasteiger partial charge in [0.1, 0.15) is 0 Å². The molecule has 2 fully saturated rings. The van der Waals surface area contributed by atoms with Crippen LogP contribution in [0.25, 0.3) is 0 Å². The lowest BCUT2D eigenvalue weighted by Crippen LogP contribution is -2.55. The summed E-state index contributed by atoms with van der Waals surface area (Å²) in [5.74, 6) is 0.551. The minimum Gasteiger partial charge on any atom is -0.390 e. The Morgan fingerprint density at radius 3 is 2.69 bits per heavy atom. The third kappa shape index (κ3) is 2.28. The van der Waals surface area contributed by atoms with Crippen LogP contribution in [0.1, 0.15) is 58.8 Å². The van der Waals surface area contributed by atoms with Gasteiger partial charge in [0, 0.05) is 25.0 Å². The molecular formula is C14H27NO. The summed E-state index contributed by atoms with van der Waals surface area (Å²) in [5.41, 5.74) is -0.305. The third-order valence-electron chi connectivity index (χ3n) is 4.92. The number of nitrogens with zero attached hydrogens (tertiary/aromatic N) is 1. The molecule has 0 amide bonds. The average molecular weight is 225 g/mol. The number of rotatable bonds is 3. The van der Waals surface area contributed by atoms with Gasteiger partial charge >= 0.3 is 0 Å². The molecule has 2 atom stereocenters. The molecule has 0 aromatic heterocycles. The maximum atomic E-state index is 10.6. The van der Waals surface area contributed by atoms with Crippen LogP contribution >= 0.6 is 0 Å². The molecule has 94 valence electrons. The quantitative estimate of drug-likeness (QED) is 0.798. The van der Waals surface area contributed by atoms with E-state index in [0.29, 0.717) is 5.92 Å². The van der Waals surface area contributed by atoms with Crippen molar-refractivity contribution in [3.05, 3.63) is 0 Å². The van der Waals surface area contributed by atoms with Gasteiger partial charge in [-0.3, -0.25) is 4.90 Å². The van der Waals surface area contributed by atoms with Crippen LogP contribution in [0.15, 0.2) is 0 Å². The molecule has 1 heterocycles. The van der Waals surface area contributed by atoms with Gasteiger partial charge in [0.25, 0.3) is 0 Å². The molecule has 2 aliphatic rings. The molecule has 16 heavy (non-hydrogen) atoms. The number of piperidine rings is 1. The van der Waals surface area contributed by atoms with E-state index in [2.05, 4.69) is 18.7 Å². The van der Waals surface area contributed by atoms with E-state index < -0.39 is 0 Å². The lowest BCUT2D eigenvalue weighted by Gasteiger charge is -2.49. The predicted octanol–water partition coefficient (Wildman–Crippen LogP) is 2.80. The fourth-order valence-corrected chi connectivity index (χ4v) is 3.73. The van der Waals surface area contributed by atoms with Crippen LogP contribution in [-0.2, 0) is 0 Å². The van der Waals surface area contributed by atoms with E-state index >= 15 is 0 Å². The Morgan fingerprint density at radius 2 is 2.00 bits per heavy atom. The predicted molar refractivity (Wildman–Crippen MR) is 67.5 cm³/mol. The number of hydrogen-bond acceptors (Lipinski definition) is 2. The van der Waals surface area contributed by atoms with Crippen molar-refractivity contribution in [3.63, 3.8) is 0 Å². The highest BCUT2D eigenvalue weighted by Gasteiger charge is 2.43. The summed E-state index contributed by atoms with van der Waals surface area (Å²) in [6.07, 6.45) is 8.36. The molecule has 0 spiro atoms. The van der Waals surface area contributed by atoms with Crippen LogP contribution in [0.5, 0.6) is 0 Å². The average Bonchev–Trinajstić information content (AvgIpc) is 2.30. The van der Waals surface area contributed by atoms with Crippen LogP contribution in [0.2, 0.25) is 0 Å². The summed E-state index contributed by atoms with van der Waals surface area (Å²) in [5, 5.41) is 10.6. The van der Waals surface area contributed by atoms with Gasteiger partial charge in [-0.2, -0.15) is 0 Å². The molecule has 0 bridgehead atoms. The monoisotopic (exact) mass is 225 g/mol. The van der Waals surface area contributed by atoms with Crippen molar-refractivity contribution in [2.75, 3.05) is 13.1 Å². The molecule has 1 aliphatic carbocycles. The van der Waals surface area contributed by atoms with Gasteiger partial charge in [0.2, 0.25) is 0 Å². The van der Waals surface area contributed by atoms with Crippen molar-refractivity contribution in [1.29, 1.82) is 0 Å². The van der Waals surface area contributed by atoms with Crippen LogP contribution in [0, 0.1) is 5.92 Å². The largest absolute Gasteiger partial charge is 0.390 e. The van der Waals surface area contributed by atoms with Crippen molar-refractivity contribution in [2.45, 2.75) is 70.4 Å². The fraction of sp³-hybridized carbons (Fsp3) is 1.00. The molecule has 1 saturated carbocycles. The molecular weight excluding hydrogens is 198 g/mol. The van der Waals surface area contributed by atoms with E-state index in [4.69, 9.17) is 0 Å². The molecule has 0 radical (unpaired) electrons. The van der Waals surface area contributed by atoms with Gasteiger partial charge in [-0.1, -0.05) is 26.7 Å². The van der Waals surface area contributed by atoms with Crippen LogP contribution in [0.3, 0.4) is 0 Å². The Morgan fingerprint density at radius 1 is 1.25 bits per heavy atom. The summed E-state index contributed by atoms with van der Waals surface area (Å²) in [4.78, 5) is 2.63. The van der Waals surface area contributed by atoms with Crippen molar-refractivity contribution in [3.8, 4) is 0 Å². The van der Waals surface area contributed by atoms with Gasteiger partial charge in [0.15, 0.2) is 0 Å². The van der Waals surface area contributed by atoms with E-state index in [1.54, 1.807) is 0 Å². The Kier molecular flexibility index (Phi) is 3.91. The maximum Gasteiger partial charge on any atom is 0.0700 e. The molecule has 0 aromatic carbocycles. The summed E-state index contributed by atoms with van der Waals surface area (Å²) in [6.45, 7) is 6.83. The third-order valence-corrected chi connectivity index (χ3v) is 4.92. The lowest BCUT2D eigenvalue weighted by molar-refractivity contribution is -0.103. The molecule has 1 N–H and O–H groups in total. The molecule has 2 rings (SSSR count). The molecule has 2 nitrogen and oxygen atoms in total. The molecule has 1 aliphatic heterocycles. The molecule has 2 unspecified atom stereocenters. The second-order valence-electron chi connectivity index (χ2n) is 5.76. The summed E-state index contributed by atoms with van der Waals surface area (Å²) in [6, 6.07) is 0.742. The van der Waals surface area contributed by atoms with E-state index in [9.17, 15) is 5.11 Å². The first kappa shape index (κ1) is 12.4. The second kappa shape index (κ2) is 5.05. The van der Waals surface area contributed by atoms with Crippen LogP contribution in [0.4, 0.5) is 0 Å². The zero-order chi connectivity index (χ0) is 11.6. The zero-order valence-corrected chi connectivity index (χ0v) is 10.9. The van der Waals surface area contributed by atoms with Crippen molar-refractivity contribution < 1.29 is 5.11 Å². The standard InChI is InChI=1S/C14H27NO/c1-3-13(4-2)15-10-9-14(16)8-6-5-7-12(14)11-15/h12-13,16H,3-11H2,1-2H3. The van der Waals surface area contributed by atoms with Gasteiger partial charge in [-0.05, 0) is 32.1 Å². The normalized spacial score (nSPS) is 36.4. The summed E-state index contributed by atoms with van der Waals surface area (Å²) < 4.78 is 0. The summed E-state index contributed by atoms with van der Waals surface area (Å²) in [7, 11) is 0. The minimum absolute atomic E-state index is 0.305. The zero-order valence-electron chi connectivity index (χ0n) is 10.9. The highest BCUT2D eigenvalue weighted by atomic mass is 16.3. The first-order valence-electron chi connectivity index (χ1n) is 7.16. The van der Waals surface area contributed by atoms with E-state index in [-0.39, 0.29) is 5.60 Å². The summed E-state index contributed by atoms with van der Waals surface area (Å²) >= 11 is 0. The van der Waals surface area contributed by atoms with Crippen molar-refractivity contribution >= 4 is 0 Å². The highest BCUT2D eigenvalue weighted by molar-refractivity contribution is 4.96. The first-order chi connectivity index (χ1) is 7.69. The lowest BCUT2D eigenvalue weighted by atomic mass is 9.71.